The molecule has 0 bridgehead atoms. The van der Waals surface area contributed by atoms with Gasteiger partial charge in [0.2, 0.25) is 10.0 Å². The highest BCUT2D eigenvalue weighted by Crippen LogP contribution is 2.19. The maximum atomic E-state index is 11.8. The third kappa shape index (κ3) is 7.14. The number of hydrogen-bond acceptors (Lipinski definition) is 5. The van der Waals surface area contributed by atoms with Crippen molar-refractivity contribution in [2.45, 2.75) is 37.3 Å². The van der Waals surface area contributed by atoms with Gasteiger partial charge in [0.05, 0.1) is 11.9 Å². The van der Waals surface area contributed by atoms with Gasteiger partial charge in [-0.1, -0.05) is 0 Å². The van der Waals surface area contributed by atoms with E-state index in [4.69, 9.17) is 5.73 Å². The molecular formula is C13H22N2O3S2. The minimum absolute atomic E-state index is 0.0478. The summed E-state index contributed by atoms with van der Waals surface area (Å²) in [4.78, 5) is 0.992. The van der Waals surface area contributed by atoms with Crippen molar-refractivity contribution in [2.24, 2.45) is 0 Å². The predicted molar refractivity (Wildman–Crippen MR) is 84.3 cm³/mol. The highest BCUT2D eigenvalue weighted by atomic mass is 32.2. The first-order valence-electron chi connectivity index (χ1n) is 6.45. The van der Waals surface area contributed by atoms with E-state index in [2.05, 4.69) is 4.72 Å². The van der Waals surface area contributed by atoms with Crippen molar-refractivity contribution >= 4 is 27.5 Å². The summed E-state index contributed by atoms with van der Waals surface area (Å²) in [6.07, 6.45) is -0.110. The van der Waals surface area contributed by atoms with Gasteiger partial charge in [0, 0.05) is 22.4 Å². The molecule has 0 aliphatic carbocycles. The molecule has 1 rings (SSSR count). The van der Waals surface area contributed by atoms with Crippen LogP contribution in [0.5, 0.6) is 0 Å². The fourth-order valence-electron chi connectivity index (χ4n) is 1.76. The average Bonchev–Trinajstić information content (AvgIpc) is 2.29. The molecular weight excluding hydrogens is 296 g/mol. The van der Waals surface area contributed by atoms with Crippen molar-refractivity contribution < 1.29 is 13.5 Å². The summed E-state index contributed by atoms with van der Waals surface area (Å²) in [6, 6.07) is 7.06. The third-order valence-electron chi connectivity index (χ3n) is 2.58. The van der Waals surface area contributed by atoms with Crippen LogP contribution in [0.2, 0.25) is 0 Å². The van der Waals surface area contributed by atoms with Crippen molar-refractivity contribution in [1.29, 1.82) is 0 Å². The second kappa shape index (κ2) is 7.87. The molecule has 2 atom stereocenters. The SMILES string of the molecule is CC(O)CC(C)NS(=O)(=O)CCSc1ccc(N)cc1. The molecule has 5 nitrogen and oxygen atoms in total. The summed E-state index contributed by atoms with van der Waals surface area (Å²) in [5, 5.41) is 9.22. The molecule has 0 aromatic heterocycles. The Morgan fingerprint density at radius 1 is 1.30 bits per heavy atom. The number of rotatable bonds is 8. The van der Waals surface area contributed by atoms with Crippen LogP contribution in [0.3, 0.4) is 0 Å². The molecule has 7 heteroatoms. The lowest BCUT2D eigenvalue weighted by atomic mass is 10.2. The van der Waals surface area contributed by atoms with Gasteiger partial charge in [0.1, 0.15) is 0 Å². The minimum Gasteiger partial charge on any atom is -0.399 e. The Bertz CT molecular complexity index is 501. The molecule has 2 unspecified atom stereocenters. The first-order valence-corrected chi connectivity index (χ1v) is 9.08. The zero-order chi connectivity index (χ0) is 15.2. The highest BCUT2D eigenvalue weighted by molar-refractivity contribution is 8.00. The maximum absolute atomic E-state index is 11.8. The quantitative estimate of drug-likeness (QED) is 0.498. The summed E-state index contributed by atoms with van der Waals surface area (Å²) in [7, 11) is -3.31. The van der Waals surface area contributed by atoms with Crippen LogP contribution in [0, 0.1) is 0 Å². The lowest BCUT2D eigenvalue weighted by molar-refractivity contribution is 0.175. The second-order valence-corrected chi connectivity index (χ2v) is 7.88. The number of nitrogen functional groups attached to an aromatic ring is 1. The number of aliphatic hydroxyl groups excluding tert-OH is 1. The maximum Gasteiger partial charge on any atom is 0.212 e. The average molecular weight is 318 g/mol. The van der Waals surface area contributed by atoms with Crippen LogP contribution in [0.25, 0.3) is 0 Å². The molecule has 0 heterocycles. The van der Waals surface area contributed by atoms with Crippen LogP contribution < -0.4 is 10.5 Å². The lowest BCUT2D eigenvalue weighted by Gasteiger charge is -2.15. The van der Waals surface area contributed by atoms with E-state index in [1.54, 1.807) is 26.0 Å². The van der Waals surface area contributed by atoms with E-state index >= 15 is 0 Å². The molecule has 0 amide bonds. The number of aliphatic hydroxyl groups is 1. The molecule has 0 aliphatic rings. The number of nitrogens with two attached hydrogens (primary N) is 1. The van der Waals surface area contributed by atoms with Gasteiger partial charge < -0.3 is 10.8 Å². The Morgan fingerprint density at radius 2 is 1.90 bits per heavy atom. The summed E-state index contributed by atoms with van der Waals surface area (Å²) >= 11 is 1.47. The first-order chi connectivity index (χ1) is 9.28. The normalized spacial score (nSPS) is 14.9. The lowest BCUT2D eigenvalue weighted by Crippen LogP contribution is -2.36. The van der Waals surface area contributed by atoms with Crippen LogP contribution in [0.4, 0.5) is 5.69 Å². The fraction of sp³-hybridized carbons (Fsp3) is 0.538. The molecule has 4 N–H and O–H groups in total. The fourth-order valence-corrected chi connectivity index (χ4v) is 4.36. The molecule has 0 aliphatic heterocycles. The Hall–Kier alpha value is -0.760. The number of nitrogens with one attached hydrogen (secondary N) is 1. The first kappa shape index (κ1) is 17.3. The molecule has 0 fully saturated rings. The molecule has 1 aromatic rings. The topological polar surface area (TPSA) is 92.4 Å². The van der Waals surface area contributed by atoms with Crippen molar-refractivity contribution in [2.75, 3.05) is 17.2 Å². The Labute approximate surface area is 125 Å². The van der Waals surface area contributed by atoms with Crippen molar-refractivity contribution in [3.8, 4) is 0 Å². The summed E-state index contributed by atoms with van der Waals surface area (Å²) < 4.78 is 26.2. The number of hydrogen-bond donors (Lipinski definition) is 3. The van der Waals surface area contributed by atoms with E-state index < -0.39 is 16.1 Å². The predicted octanol–water partition coefficient (Wildman–Crippen LogP) is 1.44. The van der Waals surface area contributed by atoms with Gasteiger partial charge in [-0.3, -0.25) is 0 Å². The smallest absolute Gasteiger partial charge is 0.212 e. The van der Waals surface area contributed by atoms with E-state index in [0.29, 0.717) is 17.9 Å². The van der Waals surface area contributed by atoms with Gasteiger partial charge >= 0.3 is 0 Å². The molecule has 20 heavy (non-hydrogen) atoms. The van der Waals surface area contributed by atoms with Crippen molar-refractivity contribution in [3.63, 3.8) is 0 Å². The molecule has 0 saturated heterocycles. The van der Waals surface area contributed by atoms with E-state index in [1.165, 1.54) is 11.8 Å². The molecule has 114 valence electrons. The Morgan fingerprint density at radius 3 is 2.45 bits per heavy atom. The summed E-state index contributed by atoms with van der Waals surface area (Å²) in [5.41, 5.74) is 6.27. The number of anilines is 1. The summed E-state index contributed by atoms with van der Waals surface area (Å²) in [6.45, 7) is 3.39. The van der Waals surface area contributed by atoms with Gasteiger partial charge in [-0.05, 0) is 44.5 Å². The standard InChI is InChI=1S/C13H22N2O3S2/c1-10(9-11(2)16)15-20(17,18)8-7-19-13-5-3-12(14)4-6-13/h3-6,10-11,15-16H,7-9,14H2,1-2H3. The van der Waals surface area contributed by atoms with Gasteiger partial charge in [-0.2, -0.15) is 0 Å². The third-order valence-corrected chi connectivity index (χ3v) is 5.35. The zero-order valence-electron chi connectivity index (χ0n) is 11.7. The van der Waals surface area contributed by atoms with Crippen LogP contribution in [0.1, 0.15) is 20.3 Å². The second-order valence-electron chi connectivity index (χ2n) is 4.84. The van der Waals surface area contributed by atoms with Gasteiger partial charge in [-0.15, -0.1) is 11.8 Å². The molecule has 0 spiro atoms. The van der Waals surface area contributed by atoms with Crippen molar-refractivity contribution in [3.05, 3.63) is 24.3 Å². The number of sulfonamides is 1. The highest BCUT2D eigenvalue weighted by Gasteiger charge is 2.15. The van der Waals surface area contributed by atoms with E-state index in [9.17, 15) is 13.5 Å². The Balaban J connectivity index is 2.38. The van der Waals surface area contributed by atoms with E-state index in [-0.39, 0.29) is 11.8 Å². The van der Waals surface area contributed by atoms with Crippen LogP contribution in [-0.2, 0) is 10.0 Å². The van der Waals surface area contributed by atoms with Crippen LogP contribution in [0.15, 0.2) is 29.2 Å². The van der Waals surface area contributed by atoms with Crippen molar-refractivity contribution in [1.82, 2.24) is 4.72 Å². The van der Waals surface area contributed by atoms with Crippen LogP contribution >= 0.6 is 11.8 Å². The molecule has 1 aromatic carbocycles. The van der Waals surface area contributed by atoms with E-state index in [1.807, 2.05) is 12.1 Å². The van der Waals surface area contributed by atoms with Gasteiger partial charge in [0.15, 0.2) is 0 Å². The number of benzene rings is 1. The minimum atomic E-state index is -3.31. The summed E-state index contributed by atoms with van der Waals surface area (Å²) in [5.74, 6) is 0.521. The van der Waals surface area contributed by atoms with Gasteiger partial charge in [0.25, 0.3) is 0 Å². The molecule has 0 saturated carbocycles. The largest absolute Gasteiger partial charge is 0.399 e. The van der Waals surface area contributed by atoms with Gasteiger partial charge in [-0.25, -0.2) is 13.1 Å². The zero-order valence-corrected chi connectivity index (χ0v) is 13.4. The monoisotopic (exact) mass is 318 g/mol. The molecule has 0 radical (unpaired) electrons. The Kier molecular flexibility index (Phi) is 6.81. The van der Waals surface area contributed by atoms with Crippen LogP contribution in [-0.4, -0.2) is 37.2 Å². The number of thioether (sulfide) groups is 1. The van der Waals surface area contributed by atoms with E-state index in [0.717, 1.165) is 4.90 Å².